The number of hydrogen-bond donors (Lipinski definition) is 2. The number of rotatable bonds is 6. The summed E-state index contributed by atoms with van der Waals surface area (Å²) in [6, 6.07) is 0.483. The number of nitrogens with zero attached hydrogens (tertiary/aromatic N) is 3. The van der Waals surface area contributed by atoms with Gasteiger partial charge in [0.05, 0.1) is 11.8 Å². The minimum Gasteiger partial charge on any atom is -0.392 e. The fourth-order valence-corrected chi connectivity index (χ4v) is 3.63. The van der Waals surface area contributed by atoms with Crippen LogP contribution in [0.3, 0.4) is 0 Å². The summed E-state index contributed by atoms with van der Waals surface area (Å²) in [6.07, 6.45) is 0.802. The molecule has 0 aromatic carbocycles. The van der Waals surface area contributed by atoms with Crippen molar-refractivity contribution in [1.82, 2.24) is 14.8 Å². The molecule has 1 aliphatic heterocycles. The Kier molecular flexibility index (Phi) is 6.31. The number of aliphatic hydroxyl groups is 1. The number of carbonyl (C=O) groups excluding carboxylic acids is 1. The maximum Gasteiger partial charge on any atom is 0.223 e. The molecule has 0 radical (unpaired) electrons. The lowest BCUT2D eigenvalue weighted by Crippen LogP contribution is -2.54. The van der Waals surface area contributed by atoms with Gasteiger partial charge in [0.2, 0.25) is 5.91 Å². The number of aliphatic hydroxyl groups excluding tert-OH is 1. The van der Waals surface area contributed by atoms with Crippen molar-refractivity contribution in [2.75, 3.05) is 31.5 Å². The molecule has 1 fully saturated rings. The van der Waals surface area contributed by atoms with Crippen LogP contribution < -0.4 is 5.32 Å². The molecule has 6 nitrogen and oxygen atoms in total. The van der Waals surface area contributed by atoms with Crippen LogP contribution in [-0.2, 0) is 11.3 Å². The topological polar surface area (TPSA) is 68.7 Å². The van der Waals surface area contributed by atoms with Crippen molar-refractivity contribution in [2.24, 2.45) is 0 Å². The summed E-state index contributed by atoms with van der Waals surface area (Å²) in [5, 5.41) is 15.0. The zero-order chi connectivity index (χ0) is 16.1. The van der Waals surface area contributed by atoms with Gasteiger partial charge in [-0.15, -0.1) is 11.3 Å². The molecule has 1 aromatic rings. The number of hydrogen-bond acceptors (Lipinski definition) is 6. The van der Waals surface area contributed by atoms with Crippen molar-refractivity contribution in [3.05, 3.63) is 11.1 Å². The maximum absolute atomic E-state index is 11.0. The second-order valence-electron chi connectivity index (χ2n) is 5.97. The molecule has 124 valence electrons. The average molecular weight is 326 g/mol. The minimum absolute atomic E-state index is 0.0846. The lowest BCUT2D eigenvalue weighted by Gasteiger charge is -2.41. The fraction of sp³-hybridized carbons (Fsp3) is 0.733. The first-order valence-corrected chi connectivity index (χ1v) is 8.72. The number of nitrogens with one attached hydrogen (secondary N) is 1. The fourth-order valence-electron chi connectivity index (χ4n) is 2.88. The van der Waals surface area contributed by atoms with Gasteiger partial charge in [-0.1, -0.05) is 6.92 Å². The predicted octanol–water partition coefficient (Wildman–Crippen LogP) is 1.38. The molecular formula is C15H26N4O2S. The van der Waals surface area contributed by atoms with E-state index >= 15 is 0 Å². The molecule has 1 aromatic heterocycles. The highest BCUT2D eigenvalue weighted by atomic mass is 32.1. The van der Waals surface area contributed by atoms with Gasteiger partial charge in [0.1, 0.15) is 0 Å². The van der Waals surface area contributed by atoms with Crippen molar-refractivity contribution in [3.8, 4) is 0 Å². The van der Waals surface area contributed by atoms with Crippen LogP contribution in [0, 0.1) is 0 Å². The third-order valence-electron chi connectivity index (χ3n) is 3.88. The third-order valence-corrected chi connectivity index (χ3v) is 4.69. The number of aromatic nitrogens is 1. The third kappa shape index (κ3) is 5.01. The number of amides is 1. The standard InChI is InChI=1S/C15H26N4O2S/c1-4-14-9-18(5-6-19(14)7-11(2)20)8-13-10-22-15(17-13)16-12(3)21/h10-11,14,20H,4-9H2,1-3H3,(H,16,17,21). The Morgan fingerprint density at radius 3 is 3.00 bits per heavy atom. The molecule has 0 spiro atoms. The van der Waals surface area contributed by atoms with Gasteiger partial charge >= 0.3 is 0 Å². The van der Waals surface area contributed by atoms with E-state index in [1.54, 1.807) is 0 Å². The normalized spacial score (nSPS) is 21.7. The monoisotopic (exact) mass is 326 g/mol. The highest BCUT2D eigenvalue weighted by Crippen LogP contribution is 2.19. The van der Waals surface area contributed by atoms with E-state index in [0.717, 1.165) is 44.8 Å². The number of anilines is 1. The van der Waals surface area contributed by atoms with Crippen LogP contribution in [0.1, 0.15) is 32.9 Å². The quantitative estimate of drug-likeness (QED) is 0.826. The molecule has 2 N–H and O–H groups in total. The highest BCUT2D eigenvalue weighted by molar-refractivity contribution is 7.13. The summed E-state index contributed by atoms with van der Waals surface area (Å²) < 4.78 is 0. The summed E-state index contributed by atoms with van der Waals surface area (Å²) >= 11 is 1.47. The van der Waals surface area contributed by atoms with Crippen molar-refractivity contribution in [2.45, 2.75) is 45.9 Å². The lowest BCUT2D eigenvalue weighted by molar-refractivity contribution is -0.114. The molecule has 2 unspecified atom stereocenters. The highest BCUT2D eigenvalue weighted by Gasteiger charge is 2.26. The van der Waals surface area contributed by atoms with Crippen LogP contribution in [0.15, 0.2) is 5.38 Å². The molecule has 1 saturated heterocycles. The second-order valence-corrected chi connectivity index (χ2v) is 6.82. The smallest absolute Gasteiger partial charge is 0.223 e. The van der Waals surface area contributed by atoms with Crippen molar-refractivity contribution in [1.29, 1.82) is 0 Å². The van der Waals surface area contributed by atoms with Gasteiger partial charge in [-0.25, -0.2) is 4.98 Å². The molecule has 1 amide bonds. The van der Waals surface area contributed by atoms with E-state index in [9.17, 15) is 9.90 Å². The molecule has 0 bridgehead atoms. The summed E-state index contributed by atoms with van der Waals surface area (Å²) in [4.78, 5) is 20.3. The largest absolute Gasteiger partial charge is 0.392 e. The summed E-state index contributed by atoms with van der Waals surface area (Å²) in [7, 11) is 0. The SMILES string of the molecule is CCC1CN(Cc2csc(NC(C)=O)n2)CCN1CC(C)O. The maximum atomic E-state index is 11.0. The van der Waals surface area contributed by atoms with E-state index in [1.165, 1.54) is 18.3 Å². The van der Waals surface area contributed by atoms with E-state index in [-0.39, 0.29) is 12.0 Å². The number of piperazine rings is 1. The van der Waals surface area contributed by atoms with Crippen LogP contribution in [0.25, 0.3) is 0 Å². The van der Waals surface area contributed by atoms with Crippen molar-refractivity contribution >= 4 is 22.4 Å². The van der Waals surface area contributed by atoms with E-state index in [0.29, 0.717) is 11.2 Å². The van der Waals surface area contributed by atoms with Crippen LogP contribution in [-0.4, -0.2) is 64.1 Å². The van der Waals surface area contributed by atoms with Gasteiger partial charge in [-0.05, 0) is 13.3 Å². The van der Waals surface area contributed by atoms with Crippen molar-refractivity contribution < 1.29 is 9.90 Å². The molecule has 2 rings (SSSR count). The van der Waals surface area contributed by atoms with Gasteiger partial charge in [-0.2, -0.15) is 0 Å². The van der Waals surface area contributed by atoms with Crippen LogP contribution >= 0.6 is 11.3 Å². The Balaban J connectivity index is 1.89. The molecule has 0 aliphatic carbocycles. The summed E-state index contributed by atoms with van der Waals surface area (Å²) in [5.74, 6) is -0.0846. The predicted molar refractivity (Wildman–Crippen MR) is 89.0 cm³/mol. The number of carbonyl (C=O) groups is 1. The van der Waals surface area contributed by atoms with E-state index in [2.05, 4.69) is 27.0 Å². The Hall–Kier alpha value is -1.02. The molecule has 7 heteroatoms. The Labute approximate surface area is 136 Å². The van der Waals surface area contributed by atoms with E-state index in [4.69, 9.17) is 0 Å². The zero-order valence-corrected chi connectivity index (χ0v) is 14.4. The Bertz CT molecular complexity index is 492. The molecular weight excluding hydrogens is 300 g/mol. The van der Waals surface area contributed by atoms with E-state index < -0.39 is 0 Å². The first-order valence-electron chi connectivity index (χ1n) is 7.84. The van der Waals surface area contributed by atoms with Gasteiger partial charge in [0.15, 0.2) is 5.13 Å². The lowest BCUT2D eigenvalue weighted by atomic mass is 10.1. The van der Waals surface area contributed by atoms with E-state index in [1.807, 2.05) is 12.3 Å². The summed E-state index contributed by atoms with van der Waals surface area (Å²) in [6.45, 7) is 10.1. The second kappa shape index (κ2) is 8.01. The first kappa shape index (κ1) is 17.3. The molecule has 1 aliphatic rings. The van der Waals surface area contributed by atoms with Gasteiger partial charge in [0.25, 0.3) is 0 Å². The van der Waals surface area contributed by atoms with Gasteiger partial charge in [-0.3, -0.25) is 14.6 Å². The Morgan fingerprint density at radius 1 is 1.59 bits per heavy atom. The summed E-state index contributed by atoms with van der Waals surface area (Å²) in [5.41, 5.74) is 1.01. The zero-order valence-electron chi connectivity index (χ0n) is 13.6. The number of thiazole rings is 1. The first-order chi connectivity index (χ1) is 10.5. The van der Waals surface area contributed by atoms with Crippen molar-refractivity contribution in [3.63, 3.8) is 0 Å². The van der Waals surface area contributed by atoms with Crippen LogP contribution in [0.4, 0.5) is 5.13 Å². The number of β-amino-alcohol motifs (C(OH)–C–C–N with tert-alkyl or cyclic N) is 1. The van der Waals surface area contributed by atoms with Crippen LogP contribution in [0.2, 0.25) is 0 Å². The minimum atomic E-state index is -0.278. The van der Waals surface area contributed by atoms with Gasteiger partial charge in [0, 0.05) is 51.1 Å². The van der Waals surface area contributed by atoms with Crippen LogP contribution in [0.5, 0.6) is 0 Å². The Morgan fingerprint density at radius 2 is 2.36 bits per heavy atom. The van der Waals surface area contributed by atoms with Gasteiger partial charge < -0.3 is 10.4 Å². The molecule has 22 heavy (non-hydrogen) atoms. The molecule has 2 heterocycles. The average Bonchev–Trinajstić information content (AvgIpc) is 2.86. The molecule has 0 saturated carbocycles. The molecule has 2 atom stereocenters.